The zero-order valence-electron chi connectivity index (χ0n) is 12.5. The van der Waals surface area contributed by atoms with Crippen molar-refractivity contribution in [3.63, 3.8) is 0 Å². The van der Waals surface area contributed by atoms with E-state index in [0.29, 0.717) is 0 Å². The Bertz CT molecular complexity index is 692. The van der Waals surface area contributed by atoms with Crippen molar-refractivity contribution < 1.29 is 4.79 Å². The summed E-state index contributed by atoms with van der Waals surface area (Å²) in [6.45, 7) is 6.00. The van der Waals surface area contributed by atoms with Gasteiger partial charge < -0.3 is 10.6 Å². The van der Waals surface area contributed by atoms with Crippen molar-refractivity contribution in [1.82, 2.24) is 5.32 Å². The van der Waals surface area contributed by atoms with Gasteiger partial charge in [0, 0.05) is 17.8 Å². The van der Waals surface area contributed by atoms with Crippen LogP contribution in [0.15, 0.2) is 36.4 Å². The molecule has 0 atom stereocenters. The van der Waals surface area contributed by atoms with Crippen molar-refractivity contribution in [2.75, 3.05) is 11.9 Å². The fourth-order valence-electron chi connectivity index (χ4n) is 2.64. The van der Waals surface area contributed by atoms with E-state index in [9.17, 15) is 4.79 Å². The number of benzene rings is 2. The number of rotatable bonds is 2. The van der Waals surface area contributed by atoms with Crippen LogP contribution in [-0.2, 0) is 13.0 Å². The van der Waals surface area contributed by atoms with Crippen LogP contribution in [-0.4, -0.2) is 12.5 Å². The first kappa shape index (κ1) is 13.8. The molecule has 0 saturated carbocycles. The zero-order chi connectivity index (χ0) is 14.8. The number of amides is 1. The SMILES string of the molecule is Cc1ccc(NC(=O)c2ccc3c(c2)CCNC3)cc1C. The molecule has 1 amide bonds. The lowest BCUT2D eigenvalue weighted by molar-refractivity contribution is 0.102. The van der Waals surface area contributed by atoms with Crippen LogP contribution in [0.4, 0.5) is 5.69 Å². The van der Waals surface area contributed by atoms with Gasteiger partial charge in [-0.05, 0) is 73.3 Å². The molecular formula is C18H20N2O. The average molecular weight is 280 g/mol. The quantitative estimate of drug-likeness (QED) is 0.887. The zero-order valence-corrected chi connectivity index (χ0v) is 12.5. The van der Waals surface area contributed by atoms with Crippen LogP contribution in [0.1, 0.15) is 32.6 Å². The normalized spacial score (nSPS) is 13.6. The molecule has 0 unspecified atom stereocenters. The first-order valence-electron chi connectivity index (χ1n) is 7.34. The third-order valence-electron chi connectivity index (χ3n) is 4.12. The number of carbonyl (C=O) groups is 1. The molecule has 1 aliphatic heterocycles. The Morgan fingerprint density at radius 2 is 1.90 bits per heavy atom. The minimum Gasteiger partial charge on any atom is -0.322 e. The molecule has 0 fully saturated rings. The minimum absolute atomic E-state index is 0.0421. The molecule has 0 bridgehead atoms. The molecule has 1 aliphatic rings. The molecule has 0 saturated heterocycles. The number of carbonyl (C=O) groups excluding carboxylic acids is 1. The standard InChI is InChI=1S/C18H20N2O/c1-12-3-6-17(9-13(12)2)20-18(21)15-4-5-16-11-19-8-7-14(16)10-15/h3-6,9-10,19H,7-8,11H2,1-2H3,(H,20,21). The van der Waals surface area contributed by atoms with Crippen LogP contribution >= 0.6 is 0 Å². The molecule has 0 radical (unpaired) electrons. The minimum atomic E-state index is -0.0421. The number of hydrogen-bond acceptors (Lipinski definition) is 2. The molecule has 1 heterocycles. The highest BCUT2D eigenvalue weighted by atomic mass is 16.1. The summed E-state index contributed by atoms with van der Waals surface area (Å²) in [7, 11) is 0. The van der Waals surface area contributed by atoms with E-state index in [2.05, 4.69) is 30.5 Å². The van der Waals surface area contributed by atoms with Crippen LogP contribution in [0, 0.1) is 13.8 Å². The van der Waals surface area contributed by atoms with Gasteiger partial charge in [-0.2, -0.15) is 0 Å². The molecule has 3 rings (SSSR count). The van der Waals surface area contributed by atoms with Crippen molar-refractivity contribution in [3.05, 3.63) is 64.2 Å². The number of hydrogen-bond donors (Lipinski definition) is 2. The lowest BCUT2D eigenvalue weighted by Crippen LogP contribution is -2.24. The van der Waals surface area contributed by atoms with Crippen molar-refractivity contribution in [2.24, 2.45) is 0 Å². The summed E-state index contributed by atoms with van der Waals surface area (Å²) in [5, 5.41) is 6.32. The third kappa shape index (κ3) is 2.98. The smallest absolute Gasteiger partial charge is 0.255 e. The Balaban J connectivity index is 1.80. The van der Waals surface area contributed by atoms with E-state index in [-0.39, 0.29) is 5.91 Å². The molecule has 0 aliphatic carbocycles. The second-order valence-electron chi connectivity index (χ2n) is 5.66. The van der Waals surface area contributed by atoms with Crippen LogP contribution in [0.2, 0.25) is 0 Å². The van der Waals surface area contributed by atoms with Gasteiger partial charge >= 0.3 is 0 Å². The molecule has 3 heteroatoms. The van der Waals surface area contributed by atoms with E-state index in [1.165, 1.54) is 22.3 Å². The van der Waals surface area contributed by atoms with Crippen molar-refractivity contribution in [1.29, 1.82) is 0 Å². The lowest BCUT2D eigenvalue weighted by Gasteiger charge is -2.17. The maximum Gasteiger partial charge on any atom is 0.255 e. The van der Waals surface area contributed by atoms with E-state index in [4.69, 9.17) is 0 Å². The van der Waals surface area contributed by atoms with Gasteiger partial charge in [0.25, 0.3) is 5.91 Å². The fourth-order valence-corrected chi connectivity index (χ4v) is 2.64. The van der Waals surface area contributed by atoms with E-state index in [1.54, 1.807) is 0 Å². The molecule has 21 heavy (non-hydrogen) atoms. The fraction of sp³-hybridized carbons (Fsp3) is 0.278. The highest BCUT2D eigenvalue weighted by Gasteiger charge is 2.12. The Labute approximate surface area is 125 Å². The van der Waals surface area contributed by atoms with E-state index in [0.717, 1.165) is 30.8 Å². The van der Waals surface area contributed by atoms with Gasteiger partial charge in [-0.3, -0.25) is 4.79 Å². The number of aryl methyl sites for hydroxylation is 2. The van der Waals surface area contributed by atoms with Crippen LogP contribution in [0.5, 0.6) is 0 Å². The average Bonchev–Trinajstić information content (AvgIpc) is 2.50. The summed E-state index contributed by atoms with van der Waals surface area (Å²) in [5.41, 5.74) is 6.57. The van der Waals surface area contributed by atoms with Crippen molar-refractivity contribution >= 4 is 11.6 Å². The molecule has 2 aromatic carbocycles. The summed E-state index contributed by atoms with van der Waals surface area (Å²) in [4.78, 5) is 12.4. The molecule has 0 aromatic heterocycles. The van der Waals surface area contributed by atoms with Crippen LogP contribution in [0.3, 0.4) is 0 Å². The topological polar surface area (TPSA) is 41.1 Å². The molecular weight excluding hydrogens is 260 g/mol. The molecule has 0 spiro atoms. The highest BCUT2D eigenvalue weighted by molar-refractivity contribution is 6.04. The molecule has 2 aromatic rings. The highest BCUT2D eigenvalue weighted by Crippen LogP contribution is 2.18. The first-order chi connectivity index (χ1) is 10.1. The number of fused-ring (bicyclic) bond motifs is 1. The predicted octanol–water partition coefficient (Wildman–Crippen LogP) is 3.20. The lowest BCUT2D eigenvalue weighted by atomic mass is 9.98. The third-order valence-corrected chi connectivity index (χ3v) is 4.12. The van der Waals surface area contributed by atoms with Gasteiger partial charge in [0.1, 0.15) is 0 Å². The Morgan fingerprint density at radius 1 is 1.05 bits per heavy atom. The van der Waals surface area contributed by atoms with Gasteiger partial charge in [-0.15, -0.1) is 0 Å². The second-order valence-corrected chi connectivity index (χ2v) is 5.66. The number of nitrogens with one attached hydrogen (secondary N) is 2. The summed E-state index contributed by atoms with van der Waals surface area (Å²) in [6, 6.07) is 12.0. The number of anilines is 1. The summed E-state index contributed by atoms with van der Waals surface area (Å²) < 4.78 is 0. The van der Waals surface area contributed by atoms with Gasteiger partial charge in [-0.25, -0.2) is 0 Å². The Hall–Kier alpha value is -2.13. The van der Waals surface area contributed by atoms with Crippen molar-refractivity contribution in [3.8, 4) is 0 Å². The monoisotopic (exact) mass is 280 g/mol. The van der Waals surface area contributed by atoms with Gasteiger partial charge in [0.2, 0.25) is 0 Å². The van der Waals surface area contributed by atoms with Gasteiger partial charge in [0.05, 0.1) is 0 Å². The largest absolute Gasteiger partial charge is 0.322 e. The Kier molecular flexibility index (Phi) is 3.76. The van der Waals surface area contributed by atoms with Crippen LogP contribution < -0.4 is 10.6 Å². The second kappa shape index (κ2) is 5.70. The van der Waals surface area contributed by atoms with Crippen LogP contribution in [0.25, 0.3) is 0 Å². The maximum atomic E-state index is 12.4. The van der Waals surface area contributed by atoms with E-state index >= 15 is 0 Å². The summed E-state index contributed by atoms with van der Waals surface area (Å²) in [5.74, 6) is -0.0421. The molecule has 3 nitrogen and oxygen atoms in total. The predicted molar refractivity (Wildman–Crippen MR) is 85.7 cm³/mol. The Morgan fingerprint density at radius 3 is 2.71 bits per heavy atom. The molecule has 2 N–H and O–H groups in total. The van der Waals surface area contributed by atoms with Gasteiger partial charge in [-0.1, -0.05) is 12.1 Å². The maximum absolute atomic E-state index is 12.4. The van der Waals surface area contributed by atoms with E-state index in [1.807, 2.05) is 30.3 Å². The first-order valence-corrected chi connectivity index (χ1v) is 7.34. The molecule has 108 valence electrons. The van der Waals surface area contributed by atoms with E-state index < -0.39 is 0 Å². The summed E-state index contributed by atoms with van der Waals surface area (Å²) in [6.07, 6.45) is 0.986. The van der Waals surface area contributed by atoms with Crippen molar-refractivity contribution in [2.45, 2.75) is 26.8 Å². The van der Waals surface area contributed by atoms with Gasteiger partial charge in [0.15, 0.2) is 0 Å². The summed E-state index contributed by atoms with van der Waals surface area (Å²) >= 11 is 0.